The van der Waals surface area contributed by atoms with Crippen molar-refractivity contribution in [1.29, 1.82) is 0 Å². The number of rotatable bonds is 6. The summed E-state index contributed by atoms with van der Waals surface area (Å²) in [5.74, 6) is 0. The molecule has 1 unspecified atom stereocenters. The summed E-state index contributed by atoms with van der Waals surface area (Å²) >= 11 is 0. The minimum atomic E-state index is -4.31. The van der Waals surface area contributed by atoms with Crippen LogP contribution in [0.1, 0.15) is 18.9 Å². The van der Waals surface area contributed by atoms with E-state index in [0.29, 0.717) is 6.42 Å². The number of benzene rings is 1. The monoisotopic (exact) mass is 310 g/mol. The third kappa shape index (κ3) is 5.89. The fourth-order valence-corrected chi connectivity index (χ4v) is 2.57. The normalized spacial score (nSPS) is 14.2. The van der Waals surface area contributed by atoms with Gasteiger partial charge in [-0.3, -0.25) is 0 Å². The van der Waals surface area contributed by atoms with Crippen molar-refractivity contribution in [2.45, 2.75) is 36.9 Å². The zero-order valence-electron chi connectivity index (χ0n) is 10.9. The van der Waals surface area contributed by atoms with Gasteiger partial charge >= 0.3 is 6.18 Å². The fraction of sp³-hybridized carbons (Fsp3) is 0.500. The SMILES string of the molecule is CC(N)CCNS(=O)(=O)c1ccc(CC(F)(F)F)cc1. The van der Waals surface area contributed by atoms with E-state index in [1.807, 2.05) is 0 Å². The number of sulfonamides is 1. The number of hydrogen-bond acceptors (Lipinski definition) is 3. The van der Waals surface area contributed by atoms with Crippen molar-refractivity contribution in [2.75, 3.05) is 6.54 Å². The van der Waals surface area contributed by atoms with Crippen molar-refractivity contribution in [3.8, 4) is 0 Å². The second-order valence-corrected chi connectivity index (χ2v) is 6.37. The molecule has 20 heavy (non-hydrogen) atoms. The van der Waals surface area contributed by atoms with Crippen molar-refractivity contribution >= 4 is 10.0 Å². The minimum Gasteiger partial charge on any atom is -0.328 e. The van der Waals surface area contributed by atoms with E-state index < -0.39 is 22.6 Å². The second-order valence-electron chi connectivity index (χ2n) is 4.60. The van der Waals surface area contributed by atoms with Crippen molar-refractivity contribution < 1.29 is 21.6 Å². The number of nitrogens with two attached hydrogens (primary N) is 1. The Kier molecular flexibility index (Phi) is 5.55. The van der Waals surface area contributed by atoms with Gasteiger partial charge in [-0.1, -0.05) is 12.1 Å². The third-order valence-electron chi connectivity index (χ3n) is 2.53. The molecule has 0 fully saturated rings. The van der Waals surface area contributed by atoms with Crippen molar-refractivity contribution in [3.63, 3.8) is 0 Å². The van der Waals surface area contributed by atoms with Crippen LogP contribution in [0.25, 0.3) is 0 Å². The lowest BCUT2D eigenvalue weighted by Crippen LogP contribution is -2.29. The summed E-state index contributed by atoms with van der Waals surface area (Å²) in [6, 6.07) is 4.51. The van der Waals surface area contributed by atoms with Crippen molar-refractivity contribution in [2.24, 2.45) is 5.73 Å². The number of nitrogens with one attached hydrogen (secondary N) is 1. The van der Waals surface area contributed by atoms with Crippen molar-refractivity contribution in [1.82, 2.24) is 4.72 Å². The van der Waals surface area contributed by atoms with Gasteiger partial charge in [-0.25, -0.2) is 13.1 Å². The van der Waals surface area contributed by atoms with Gasteiger partial charge in [0.2, 0.25) is 10.0 Å². The summed E-state index contributed by atoms with van der Waals surface area (Å²) in [6.07, 6.45) is -4.91. The maximum absolute atomic E-state index is 12.2. The second kappa shape index (κ2) is 6.55. The quantitative estimate of drug-likeness (QED) is 0.841. The highest BCUT2D eigenvalue weighted by Crippen LogP contribution is 2.22. The predicted molar refractivity (Wildman–Crippen MR) is 69.7 cm³/mol. The third-order valence-corrected chi connectivity index (χ3v) is 4.01. The van der Waals surface area contributed by atoms with Crippen LogP contribution in [0.3, 0.4) is 0 Å². The Hall–Kier alpha value is -1.12. The predicted octanol–water partition coefficient (Wildman–Crippen LogP) is 1.81. The summed E-state index contributed by atoms with van der Waals surface area (Å²) in [5, 5.41) is 0. The van der Waals surface area contributed by atoms with E-state index in [0.717, 1.165) is 24.3 Å². The summed E-state index contributed by atoms with van der Waals surface area (Å²) in [7, 11) is -3.70. The zero-order valence-corrected chi connectivity index (χ0v) is 11.8. The number of halogens is 3. The van der Waals surface area contributed by atoms with E-state index in [4.69, 9.17) is 5.73 Å². The molecule has 1 rings (SSSR count). The molecular weight excluding hydrogens is 293 g/mol. The molecule has 8 heteroatoms. The summed E-state index contributed by atoms with van der Waals surface area (Å²) < 4.78 is 62.5. The highest BCUT2D eigenvalue weighted by Gasteiger charge is 2.27. The van der Waals surface area contributed by atoms with Gasteiger partial charge in [-0.2, -0.15) is 13.2 Å². The molecule has 0 aliphatic carbocycles. The van der Waals surface area contributed by atoms with Gasteiger partial charge in [0.1, 0.15) is 0 Å². The lowest BCUT2D eigenvalue weighted by molar-refractivity contribution is -0.127. The molecule has 114 valence electrons. The molecule has 4 nitrogen and oxygen atoms in total. The highest BCUT2D eigenvalue weighted by molar-refractivity contribution is 7.89. The number of alkyl halides is 3. The van der Waals surface area contributed by atoms with Gasteiger partial charge in [0.25, 0.3) is 0 Å². The van der Waals surface area contributed by atoms with Gasteiger partial charge in [0, 0.05) is 12.6 Å². The maximum atomic E-state index is 12.2. The Morgan fingerprint density at radius 1 is 1.25 bits per heavy atom. The molecule has 0 heterocycles. The molecule has 0 amide bonds. The Morgan fingerprint density at radius 2 is 1.80 bits per heavy atom. The first-order valence-corrected chi connectivity index (χ1v) is 7.49. The Balaban J connectivity index is 2.72. The molecule has 0 spiro atoms. The maximum Gasteiger partial charge on any atom is 0.393 e. The standard InChI is InChI=1S/C12H17F3N2O2S/c1-9(16)6-7-17-20(18,19)11-4-2-10(3-5-11)8-12(13,14)15/h2-5,9,17H,6-8,16H2,1H3. The zero-order chi connectivity index (χ0) is 15.4. The molecule has 0 saturated carbocycles. The molecule has 0 aliphatic rings. The average molecular weight is 310 g/mol. The van der Waals surface area contributed by atoms with E-state index in [1.165, 1.54) is 0 Å². The van der Waals surface area contributed by atoms with E-state index >= 15 is 0 Å². The first-order valence-electron chi connectivity index (χ1n) is 6.01. The van der Waals surface area contributed by atoms with E-state index in [2.05, 4.69) is 4.72 Å². The minimum absolute atomic E-state index is 0.0204. The van der Waals surface area contributed by atoms with Crippen LogP contribution in [-0.4, -0.2) is 27.2 Å². The molecule has 1 atom stereocenters. The Labute approximate surface area is 116 Å². The van der Waals surface area contributed by atoms with E-state index in [9.17, 15) is 21.6 Å². The molecule has 0 bridgehead atoms. The van der Waals surface area contributed by atoms with E-state index in [-0.39, 0.29) is 23.0 Å². The largest absolute Gasteiger partial charge is 0.393 e. The summed E-state index contributed by atoms with van der Waals surface area (Å²) in [6.45, 7) is 1.94. The van der Waals surface area contributed by atoms with Gasteiger partial charge < -0.3 is 5.73 Å². The molecule has 3 N–H and O–H groups in total. The first-order chi connectivity index (χ1) is 9.10. The fourth-order valence-electron chi connectivity index (χ4n) is 1.52. The van der Waals surface area contributed by atoms with E-state index in [1.54, 1.807) is 6.92 Å². The molecular formula is C12H17F3N2O2S. The molecule has 1 aromatic carbocycles. The molecule has 0 aromatic heterocycles. The Bertz CT molecular complexity index is 525. The summed E-state index contributed by atoms with van der Waals surface area (Å²) in [5.41, 5.74) is 5.52. The lowest BCUT2D eigenvalue weighted by atomic mass is 10.1. The first kappa shape index (κ1) is 16.9. The van der Waals surface area contributed by atoms with Crippen LogP contribution < -0.4 is 10.5 Å². The summed E-state index contributed by atoms with van der Waals surface area (Å²) in [4.78, 5) is -0.0619. The van der Waals surface area contributed by atoms with Gasteiger partial charge in [0.05, 0.1) is 11.3 Å². The van der Waals surface area contributed by atoms with Crippen molar-refractivity contribution in [3.05, 3.63) is 29.8 Å². The van der Waals surface area contributed by atoms with Crippen LogP contribution in [0, 0.1) is 0 Å². The number of hydrogen-bond donors (Lipinski definition) is 2. The van der Waals surface area contributed by atoms with Gasteiger partial charge in [-0.15, -0.1) is 0 Å². The Morgan fingerprint density at radius 3 is 2.25 bits per heavy atom. The van der Waals surface area contributed by atoms with Crippen LogP contribution >= 0.6 is 0 Å². The molecule has 0 radical (unpaired) electrons. The van der Waals surface area contributed by atoms with Gasteiger partial charge in [-0.05, 0) is 31.0 Å². The van der Waals surface area contributed by atoms with Crippen LogP contribution in [0.5, 0.6) is 0 Å². The van der Waals surface area contributed by atoms with Crippen LogP contribution in [0.2, 0.25) is 0 Å². The van der Waals surface area contributed by atoms with Crippen LogP contribution in [0.15, 0.2) is 29.2 Å². The molecule has 0 aliphatic heterocycles. The van der Waals surface area contributed by atoms with Crippen LogP contribution in [0.4, 0.5) is 13.2 Å². The van der Waals surface area contributed by atoms with Crippen LogP contribution in [-0.2, 0) is 16.4 Å². The average Bonchev–Trinajstić information content (AvgIpc) is 2.26. The highest BCUT2D eigenvalue weighted by atomic mass is 32.2. The molecule has 0 saturated heterocycles. The topological polar surface area (TPSA) is 72.2 Å². The molecule has 1 aromatic rings. The smallest absolute Gasteiger partial charge is 0.328 e. The van der Waals surface area contributed by atoms with Gasteiger partial charge in [0.15, 0.2) is 0 Å². The lowest BCUT2D eigenvalue weighted by Gasteiger charge is -2.10.